The summed E-state index contributed by atoms with van der Waals surface area (Å²) < 4.78 is 10.7. The molecular formula is C19H25N5O3. The van der Waals surface area contributed by atoms with Crippen LogP contribution in [0.2, 0.25) is 0 Å². The van der Waals surface area contributed by atoms with Crippen molar-refractivity contribution < 1.29 is 14.3 Å². The predicted molar refractivity (Wildman–Crippen MR) is 102 cm³/mol. The molecule has 0 radical (unpaired) electrons. The highest BCUT2D eigenvalue weighted by Gasteiger charge is 2.25. The van der Waals surface area contributed by atoms with Gasteiger partial charge in [-0.3, -0.25) is 4.79 Å². The van der Waals surface area contributed by atoms with E-state index in [1.807, 2.05) is 24.3 Å². The van der Waals surface area contributed by atoms with Gasteiger partial charge in [0.2, 0.25) is 5.91 Å². The van der Waals surface area contributed by atoms with Crippen LogP contribution in [0, 0.1) is 0 Å². The van der Waals surface area contributed by atoms with Gasteiger partial charge in [-0.25, -0.2) is 9.97 Å². The van der Waals surface area contributed by atoms with E-state index in [4.69, 9.17) is 9.47 Å². The third-order valence-corrected chi connectivity index (χ3v) is 4.59. The SMILES string of the molecule is COc1cccc(CNC(=O)CC2CNCCN2c2ccncn2)c1OC. The molecule has 1 unspecified atom stereocenters. The Hall–Kier alpha value is -2.87. The van der Waals surface area contributed by atoms with E-state index in [0.29, 0.717) is 24.5 Å². The van der Waals surface area contributed by atoms with Gasteiger partial charge in [-0.2, -0.15) is 0 Å². The lowest BCUT2D eigenvalue weighted by Gasteiger charge is -2.36. The molecular weight excluding hydrogens is 346 g/mol. The number of methoxy groups -OCH3 is 2. The number of rotatable bonds is 7. The second kappa shape index (κ2) is 9.18. The van der Waals surface area contributed by atoms with Crippen molar-refractivity contribution in [2.75, 3.05) is 38.8 Å². The minimum atomic E-state index is -0.0207. The molecule has 2 aromatic rings. The lowest BCUT2D eigenvalue weighted by molar-refractivity contribution is -0.121. The summed E-state index contributed by atoms with van der Waals surface area (Å²) in [7, 11) is 3.19. The van der Waals surface area contributed by atoms with Crippen LogP contribution in [0.15, 0.2) is 36.8 Å². The summed E-state index contributed by atoms with van der Waals surface area (Å²) in [6.07, 6.45) is 3.63. The fourth-order valence-corrected chi connectivity index (χ4v) is 3.27. The van der Waals surface area contributed by atoms with Crippen LogP contribution in [0.3, 0.4) is 0 Å². The Labute approximate surface area is 158 Å². The van der Waals surface area contributed by atoms with E-state index >= 15 is 0 Å². The molecule has 1 fully saturated rings. The van der Waals surface area contributed by atoms with Gasteiger partial charge in [-0.1, -0.05) is 12.1 Å². The molecule has 3 rings (SSSR count). The molecule has 0 bridgehead atoms. The van der Waals surface area contributed by atoms with E-state index in [2.05, 4.69) is 25.5 Å². The third-order valence-electron chi connectivity index (χ3n) is 4.59. The number of hydrogen-bond donors (Lipinski definition) is 2. The first-order valence-corrected chi connectivity index (χ1v) is 8.93. The normalized spacial score (nSPS) is 16.7. The Morgan fingerprint density at radius 3 is 2.96 bits per heavy atom. The van der Waals surface area contributed by atoms with Gasteiger partial charge < -0.3 is 25.0 Å². The van der Waals surface area contributed by atoms with Crippen molar-refractivity contribution in [1.29, 1.82) is 0 Å². The van der Waals surface area contributed by atoms with Crippen LogP contribution in [0.1, 0.15) is 12.0 Å². The van der Waals surface area contributed by atoms with Gasteiger partial charge in [-0.05, 0) is 12.1 Å². The summed E-state index contributed by atoms with van der Waals surface area (Å²) in [6, 6.07) is 7.54. The van der Waals surface area contributed by atoms with Crippen molar-refractivity contribution in [3.05, 3.63) is 42.4 Å². The molecule has 1 aliphatic rings. The fraction of sp³-hybridized carbons (Fsp3) is 0.421. The number of para-hydroxylation sites is 1. The van der Waals surface area contributed by atoms with Crippen LogP contribution < -0.4 is 25.0 Å². The van der Waals surface area contributed by atoms with Crippen LogP contribution in [0.5, 0.6) is 11.5 Å². The number of carbonyl (C=O) groups is 1. The van der Waals surface area contributed by atoms with Crippen molar-refractivity contribution in [3.8, 4) is 11.5 Å². The van der Waals surface area contributed by atoms with Crippen molar-refractivity contribution in [1.82, 2.24) is 20.6 Å². The van der Waals surface area contributed by atoms with Crippen LogP contribution in [-0.4, -0.2) is 55.8 Å². The Morgan fingerprint density at radius 2 is 2.22 bits per heavy atom. The number of benzene rings is 1. The molecule has 1 saturated heterocycles. The van der Waals surface area contributed by atoms with Crippen molar-refractivity contribution >= 4 is 11.7 Å². The summed E-state index contributed by atoms with van der Waals surface area (Å²) >= 11 is 0. The first-order valence-electron chi connectivity index (χ1n) is 8.93. The van der Waals surface area contributed by atoms with E-state index in [-0.39, 0.29) is 11.9 Å². The smallest absolute Gasteiger partial charge is 0.222 e. The molecule has 8 nitrogen and oxygen atoms in total. The topological polar surface area (TPSA) is 88.6 Å². The minimum Gasteiger partial charge on any atom is -0.493 e. The zero-order valence-corrected chi connectivity index (χ0v) is 15.6. The number of amides is 1. The standard InChI is InChI=1S/C19H25N5O3/c1-26-16-5-3-4-14(19(16)27-2)11-22-18(25)10-15-12-20-8-9-24(15)17-6-7-21-13-23-17/h3-7,13,15,20H,8-12H2,1-2H3,(H,22,25). The van der Waals surface area contributed by atoms with E-state index < -0.39 is 0 Å². The maximum atomic E-state index is 12.5. The first-order chi connectivity index (χ1) is 13.2. The number of hydrogen-bond acceptors (Lipinski definition) is 7. The largest absolute Gasteiger partial charge is 0.493 e. The molecule has 1 amide bonds. The molecule has 1 atom stereocenters. The van der Waals surface area contributed by atoms with Crippen molar-refractivity contribution in [2.45, 2.75) is 19.0 Å². The van der Waals surface area contributed by atoms with Gasteiger partial charge in [0.1, 0.15) is 12.1 Å². The molecule has 2 heterocycles. The van der Waals surface area contributed by atoms with Crippen molar-refractivity contribution in [3.63, 3.8) is 0 Å². The van der Waals surface area contributed by atoms with Gasteiger partial charge >= 0.3 is 0 Å². The average Bonchev–Trinajstić information content (AvgIpc) is 2.72. The molecule has 1 aromatic carbocycles. The average molecular weight is 371 g/mol. The van der Waals surface area contributed by atoms with Crippen LogP contribution in [0.25, 0.3) is 0 Å². The highest BCUT2D eigenvalue weighted by Crippen LogP contribution is 2.30. The van der Waals surface area contributed by atoms with Crippen LogP contribution in [-0.2, 0) is 11.3 Å². The zero-order chi connectivity index (χ0) is 19.1. The summed E-state index contributed by atoms with van der Waals surface area (Å²) in [6.45, 7) is 2.79. The maximum Gasteiger partial charge on any atom is 0.222 e. The summed E-state index contributed by atoms with van der Waals surface area (Å²) in [5.74, 6) is 2.12. The second-order valence-corrected chi connectivity index (χ2v) is 6.25. The molecule has 27 heavy (non-hydrogen) atoms. The number of carbonyl (C=O) groups excluding carboxylic acids is 1. The predicted octanol–water partition coefficient (Wildman–Crippen LogP) is 0.979. The van der Waals surface area contributed by atoms with Crippen LogP contribution in [0.4, 0.5) is 5.82 Å². The summed E-state index contributed by atoms with van der Waals surface area (Å²) in [5, 5.41) is 6.33. The summed E-state index contributed by atoms with van der Waals surface area (Å²) in [5.41, 5.74) is 0.875. The molecule has 0 saturated carbocycles. The molecule has 8 heteroatoms. The number of nitrogens with zero attached hydrogens (tertiary/aromatic N) is 3. The van der Waals surface area contributed by atoms with Crippen molar-refractivity contribution in [2.24, 2.45) is 0 Å². The lowest BCUT2D eigenvalue weighted by Crippen LogP contribution is -2.53. The van der Waals surface area contributed by atoms with Crippen LogP contribution >= 0.6 is 0 Å². The van der Waals surface area contributed by atoms with Gasteiger partial charge in [0.25, 0.3) is 0 Å². The lowest BCUT2D eigenvalue weighted by atomic mass is 10.1. The molecule has 0 aliphatic carbocycles. The van der Waals surface area contributed by atoms with Gasteiger partial charge in [0, 0.05) is 44.4 Å². The quantitative estimate of drug-likeness (QED) is 0.750. The molecule has 1 aromatic heterocycles. The highest BCUT2D eigenvalue weighted by atomic mass is 16.5. The maximum absolute atomic E-state index is 12.5. The minimum absolute atomic E-state index is 0.0207. The molecule has 2 N–H and O–H groups in total. The van der Waals surface area contributed by atoms with E-state index in [1.54, 1.807) is 20.4 Å². The number of ether oxygens (including phenoxy) is 2. The number of anilines is 1. The highest BCUT2D eigenvalue weighted by molar-refractivity contribution is 5.77. The Morgan fingerprint density at radius 1 is 1.33 bits per heavy atom. The van der Waals surface area contributed by atoms with Gasteiger partial charge in [0.05, 0.1) is 20.3 Å². The first kappa shape index (κ1) is 18.9. The molecule has 144 valence electrons. The Balaban J connectivity index is 1.62. The van der Waals surface area contributed by atoms with E-state index in [9.17, 15) is 4.79 Å². The second-order valence-electron chi connectivity index (χ2n) is 6.25. The number of nitrogens with one attached hydrogen (secondary N) is 2. The zero-order valence-electron chi connectivity index (χ0n) is 15.6. The Kier molecular flexibility index (Phi) is 6.43. The monoisotopic (exact) mass is 371 g/mol. The van der Waals surface area contributed by atoms with Gasteiger partial charge in [0.15, 0.2) is 11.5 Å². The number of aromatic nitrogens is 2. The summed E-state index contributed by atoms with van der Waals surface area (Å²) in [4.78, 5) is 23.0. The molecule has 1 aliphatic heterocycles. The fourth-order valence-electron chi connectivity index (χ4n) is 3.27. The Bertz CT molecular complexity index is 756. The van der Waals surface area contributed by atoms with E-state index in [0.717, 1.165) is 31.0 Å². The number of piperazine rings is 1. The third kappa shape index (κ3) is 4.65. The van der Waals surface area contributed by atoms with Gasteiger partial charge in [-0.15, -0.1) is 0 Å². The molecule has 0 spiro atoms. The van der Waals surface area contributed by atoms with E-state index in [1.165, 1.54) is 6.33 Å².